The van der Waals surface area contributed by atoms with Crippen molar-refractivity contribution in [3.63, 3.8) is 0 Å². The van der Waals surface area contributed by atoms with Crippen molar-refractivity contribution < 1.29 is 14.6 Å². The number of ether oxygens (including phenoxy) is 1. The molecule has 5 nitrogen and oxygen atoms in total. The Morgan fingerprint density at radius 3 is 2.61 bits per heavy atom. The highest BCUT2D eigenvalue weighted by molar-refractivity contribution is 5.95. The summed E-state index contributed by atoms with van der Waals surface area (Å²) in [4.78, 5) is 13.4. The SMILES string of the molecule is COc1ccc(CN(C)c2cc(C(C)=O)ccc2C#N)cc1O. The number of aromatic hydroxyl groups is 1. The van der Waals surface area contributed by atoms with Gasteiger partial charge in [-0.05, 0) is 42.8 Å². The van der Waals surface area contributed by atoms with Crippen LogP contribution < -0.4 is 9.64 Å². The Hall–Kier alpha value is -3.00. The van der Waals surface area contributed by atoms with Crippen molar-refractivity contribution in [1.29, 1.82) is 5.26 Å². The molecule has 0 heterocycles. The zero-order valence-electron chi connectivity index (χ0n) is 13.3. The number of phenols is 1. The third-order valence-corrected chi connectivity index (χ3v) is 3.60. The van der Waals surface area contributed by atoms with E-state index >= 15 is 0 Å². The number of rotatable bonds is 5. The average molecular weight is 310 g/mol. The number of methoxy groups -OCH3 is 1. The molecule has 0 aliphatic rings. The number of hydrogen-bond acceptors (Lipinski definition) is 5. The van der Waals surface area contributed by atoms with Crippen LogP contribution in [-0.4, -0.2) is 25.0 Å². The maximum atomic E-state index is 11.5. The van der Waals surface area contributed by atoms with Crippen LogP contribution in [0.25, 0.3) is 0 Å². The normalized spacial score (nSPS) is 10.0. The van der Waals surface area contributed by atoms with Gasteiger partial charge in [0.25, 0.3) is 0 Å². The van der Waals surface area contributed by atoms with Gasteiger partial charge in [0.1, 0.15) is 6.07 Å². The standard InChI is InChI=1S/C18H18N2O3/c1-12(21)14-5-6-15(10-19)16(9-14)20(2)11-13-4-7-18(23-3)17(22)8-13/h4-9,22H,11H2,1-3H3. The largest absolute Gasteiger partial charge is 0.504 e. The lowest BCUT2D eigenvalue weighted by Gasteiger charge is -2.21. The predicted octanol–water partition coefficient (Wildman–Crippen LogP) is 3.11. The molecule has 1 N–H and O–H groups in total. The van der Waals surface area contributed by atoms with E-state index in [0.717, 1.165) is 5.56 Å². The molecule has 0 aliphatic carbocycles. The number of phenolic OH excluding ortho intramolecular Hbond substituents is 1. The molecule has 0 aromatic heterocycles. The van der Waals surface area contributed by atoms with Gasteiger partial charge in [-0.25, -0.2) is 0 Å². The van der Waals surface area contributed by atoms with Gasteiger partial charge in [-0.15, -0.1) is 0 Å². The van der Waals surface area contributed by atoms with Crippen LogP contribution in [0.15, 0.2) is 36.4 Å². The molecule has 0 fully saturated rings. The van der Waals surface area contributed by atoms with E-state index in [-0.39, 0.29) is 11.5 Å². The molecule has 23 heavy (non-hydrogen) atoms. The first kappa shape index (κ1) is 16.4. The van der Waals surface area contributed by atoms with E-state index < -0.39 is 0 Å². The van der Waals surface area contributed by atoms with Gasteiger partial charge >= 0.3 is 0 Å². The van der Waals surface area contributed by atoms with Crippen LogP contribution in [0.3, 0.4) is 0 Å². The van der Waals surface area contributed by atoms with Crippen LogP contribution in [0.4, 0.5) is 5.69 Å². The van der Waals surface area contributed by atoms with Crippen LogP contribution >= 0.6 is 0 Å². The lowest BCUT2D eigenvalue weighted by Crippen LogP contribution is -2.18. The van der Waals surface area contributed by atoms with Crippen LogP contribution in [0.2, 0.25) is 0 Å². The van der Waals surface area contributed by atoms with Crippen LogP contribution in [0.1, 0.15) is 28.4 Å². The molecule has 2 aromatic carbocycles. The number of carbonyl (C=O) groups is 1. The molecule has 0 aliphatic heterocycles. The highest BCUT2D eigenvalue weighted by Crippen LogP contribution is 2.28. The molecule has 118 valence electrons. The molecule has 0 bridgehead atoms. The van der Waals surface area contributed by atoms with E-state index in [9.17, 15) is 15.2 Å². The second-order valence-electron chi connectivity index (χ2n) is 5.26. The van der Waals surface area contributed by atoms with Crippen molar-refractivity contribution >= 4 is 11.5 Å². The Labute approximate surface area is 135 Å². The highest BCUT2D eigenvalue weighted by Gasteiger charge is 2.12. The maximum Gasteiger partial charge on any atom is 0.160 e. The minimum atomic E-state index is -0.0498. The molecule has 0 unspecified atom stereocenters. The smallest absolute Gasteiger partial charge is 0.160 e. The second-order valence-corrected chi connectivity index (χ2v) is 5.26. The van der Waals surface area contributed by atoms with E-state index in [1.807, 2.05) is 18.0 Å². The monoisotopic (exact) mass is 310 g/mol. The van der Waals surface area contributed by atoms with E-state index in [1.54, 1.807) is 30.3 Å². The first-order valence-corrected chi connectivity index (χ1v) is 7.08. The summed E-state index contributed by atoms with van der Waals surface area (Å²) in [6.45, 7) is 1.97. The highest BCUT2D eigenvalue weighted by atomic mass is 16.5. The van der Waals surface area contributed by atoms with Gasteiger partial charge < -0.3 is 14.7 Å². The number of Topliss-reactive ketones (excluding diaryl/α,β-unsaturated/α-hetero) is 1. The van der Waals surface area contributed by atoms with Crippen molar-refractivity contribution in [2.75, 3.05) is 19.1 Å². The summed E-state index contributed by atoms with van der Waals surface area (Å²) in [5.41, 5.74) is 2.59. The van der Waals surface area contributed by atoms with Gasteiger partial charge in [0.05, 0.1) is 18.4 Å². The zero-order valence-corrected chi connectivity index (χ0v) is 13.3. The molecule has 0 radical (unpaired) electrons. The van der Waals surface area contributed by atoms with Crippen molar-refractivity contribution in [1.82, 2.24) is 0 Å². The number of nitrogens with zero attached hydrogens (tertiary/aromatic N) is 2. The summed E-state index contributed by atoms with van der Waals surface area (Å²) in [6.07, 6.45) is 0. The van der Waals surface area contributed by atoms with Crippen molar-refractivity contribution in [3.05, 3.63) is 53.1 Å². The van der Waals surface area contributed by atoms with E-state index in [4.69, 9.17) is 4.74 Å². The van der Waals surface area contributed by atoms with Crippen molar-refractivity contribution in [2.24, 2.45) is 0 Å². The molecule has 0 amide bonds. The third kappa shape index (κ3) is 3.61. The number of ketones is 1. The van der Waals surface area contributed by atoms with Gasteiger partial charge in [-0.1, -0.05) is 6.07 Å². The molecular formula is C18H18N2O3. The zero-order chi connectivity index (χ0) is 17.0. The van der Waals surface area contributed by atoms with Crippen LogP contribution in [-0.2, 0) is 6.54 Å². The molecule has 0 saturated heterocycles. The number of anilines is 1. The Kier molecular flexibility index (Phi) is 4.87. The molecule has 0 atom stereocenters. The fourth-order valence-electron chi connectivity index (χ4n) is 2.35. The predicted molar refractivity (Wildman–Crippen MR) is 87.9 cm³/mol. The van der Waals surface area contributed by atoms with Gasteiger partial charge in [-0.3, -0.25) is 4.79 Å². The fraction of sp³-hybridized carbons (Fsp3) is 0.222. The Morgan fingerprint density at radius 1 is 1.30 bits per heavy atom. The molecule has 0 spiro atoms. The minimum Gasteiger partial charge on any atom is -0.504 e. The summed E-state index contributed by atoms with van der Waals surface area (Å²) >= 11 is 0. The van der Waals surface area contributed by atoms with Crippen molar-refractivity contribution in [2.45, 2.75) is 13.5 Å². The molecular weight excluding hydrogens is 292 g/mol. The number of benzene rings is 2. The van der Waals surface area contributed by atoms with Gasteiger partial charge in [0.15, 0.2) is 17.3 Å². The second kappa shape index (κ2) is 6.84. The first-order valence-electron chi connectivity index (χ1n) is 7.08. The van der Waals surface area contributed by atoms with Crippen molar-refractivity contribution in [3.8, 4) is 17.6 Å². The summed E-state index contributed by atoms with van der Waals surface area (Å²) in [5.74, 6) is 0.426. The van der Waals surface area contributed by atoms with Crippen LogP contribution in [0, 0.1) is 11.3 Å². The fourth-order valence-corrected chi connectivity index (χ4v) is 2.35. The number of carbonyl (C=O) groups excluding carboxylic acids is 1. The summed E-state index contributed by atoms with van der Waals surface area (Å²) < 4.78 is 5.02. The van der Waals surface area contributed by atoms with Gasteiger partial charge in [0.2, 0.25) is 0 Å². The van der Waals surface area contributed by atoms with E-state index in [0.29, 0.717) is 29.1 Å². The summed E-state index contributed by atoms with van der Waals surface area (Å²) in [7, 11) is 3.33. The lowest BCUT2D eigenvalue weighted by molar-refractivity contribution is 0.101. The van der Waals surface area contributed by atoms with Crippen LogP contribution in [0.5, 0.6) is 11.5 Å². The van der Waals surface area contributed by atoms with Gasteiger partial charge in [-0.2, -0.15) is 5.26 Å². The van der Waals surface area contributed by atoms with E-state index in [1.165, 1.54) is 14.0 Å². The Bertz CT molecular complexity index is 778. The molecule has 2 aromatic rings. The average Bonchev–Trinajstić information content (AvgIpc) is 2.54. The Balaban J connectivity index is 2.31. The number of nitriles is 1. The Morgan fingerprint density at radius 2 is 2.04 bits per heavy atom. The third-order valence-electron chi connectivity index (χ3n) is 3.60. The molecule has 0 saturated carbocycles. The number of hydrogen-bond donors (Lipinski definition) is 1. The quantitative estimate of drug-likeness (QED) is 0.859. The first-order chi connectivity index (χ1) is 11.0. The maximum absolute atomic E-state index is 11.5. The summed E-state index contributed by atoms with van der Waals surface area (Å²) in [5, 5.41) is 19.1. The molecule has 5 heteroatoms. The van der Waals surface area contributed by atoms with E-state index in [2.05, 4.69) is 6.07 Å². The minimum absolute atomic E-state index is 0.0498. The summed E-state index contributed by atoms with van der Waals surface area (Å²) in [6, 6.07) is 12.3. The van der Waals surface area contributed by atoms with Gasteiger partial charge in [0, 0.05) is 19.2 Å². The lowest BCUT2D eigenvalue weighted by atomic mass is 10.1. The molecule has 2 rings (SSSR count). The topological polar surface area (TPSA) is 73.6 Å².